The normalized spacial score (nSPS) is 10.2. The lowest BCUT2D eigenvalue weighted by atomic mass is 10.1. The average Bonchev–Trinajstić information content (AvgIpc) is 2.81. The van der Waals surface area contributed by atoms with Crippen molar-refractivity contribution in [3.63, 3.8) is 0 Å². The van der Waals surface area contributed by atoms with E-state index >= 15 is 0 Å². The Bertz CT molecular complexity index is 706. The van der Waals surface area contributed by atoms with Gasteiger partial charge in [-0.1, -0.05) is 12.1 Å². The molecule has 0 atom stereocenters. The number of methoxy groups -OCH3 is 1. The lowest BCUT2D eigenvalue weighted by molar-refractivity contribution is 0.416. The summed E-state index contributed by atoms with van der Waals surface area (Å²) in [4.78, 5) is 4.64. The Hall–Kier alpha value is -1.56. The minimum absolute atomic E-state index is 0. The molecule has 1 aromatic carbocycles. The van der Waals surface area contributed by atoms with E-state index in [1.165, 1.54) is 5.56 Å². The minimum Gasteiger partial charge on any atom is -0.496 e. The van der Waals surface area contributed by atoms with E-state index in [1.54, 1.807) is 7.11 Å². The van der Waals surface area contributed by atoms with E-state index in [1.807, 2.05) is 41.1 Å². The van der Waals surface area contributed by atoms with Crippen LogP contribution in [0.15, 0.2) is 48.8 Å². The molecule has 0 aliphatic rings. The van der Waals surface area contributed by atoms with Crippen LogP contribution in [-0.4, -0.2) is 16.5 Å². The maximum absolute atomic E-state index is 5.37. The third-order valence-electron chi connectivity index (χ3n) is 3.00. The van der Waals surface area contributed by atoms with Gasteiger partial charge in [0.2, 0.25) is 0 Å². The van der Waals surface area contributed by atoms with Crippen molar-refractivity contribution in [3.8, 4) is 17.0 Å². The van der Waals surface area contributed by atoms with Gasteiger partial charge in [-0.25, -0.2) is 4.98 Å². The molecule has 0 N–H and O–H groups in total. The average molecular weight is 366 g/mol. The van der Waals surface area contributed by atoms with E-state index in [0.717, 1.165) is 22.7 Å². The highest BCUT2D eigenvalue weighted by atomic mass is 127. The number of benzene rings is 1. The number of imidazole rings is 1. The molecule has 3 rings (SSSR count). The van der Waals surface area contributed by atoms with E-state index in [0.29, 0.717) is 0 Å². The number of pyridine rings is 1. The Labute approximate surface area is 129 Å². The van der Waals surface area contributed by atoms with Crippen molar-refractivity contribution in [3.05, 3.63) is 54.4 Å². The van der Waals surface area contributed by atoms with Crippen LogP contribution in [0.3, 0.4) is 0 Å². The summed E-state index contributed by atoms with van der Waals surface area (Å²) in [5, 5.41) is 0. The molecule has 3 aromatic rings. The van der Waals surface area contributed by atoms with Crippen LogP contribution < -0.4 is 4.74 Å². The third-order valence-corrected chi connectivity index (χ3v) is 3.00. The second-order valence-corrected chi connectivity index (χ2v) is 4.30. The van der Waals surface area contributed by atoms with Gasteiger partial charge in [0, 0.05) is 18.0 Å². The quantitative estimate of drug-likeness (QED) is 0.643. The number of para-hydroxylation sites is 1. The standard InChI is InChI=1S/C15H14N2O.HI/c1-11-7-8-17-10-13(16-15(17)9-11)12-5-3-4-6-14(12)18-2;/h3-10H,1-2H3;1H. The second kappa shape index (κ2) is 5.61. The fraction of sp³-hybridized carbons (Fsp3) is 0.133. The van der Waals surface area contributed by atoms with Crippen LogP contribution in [0.5, 0.6) is 5.75 Å². The summed E-state index contributed by atoms with van der Waals surface area (Å²) in [7, 11) is 1.68. The SMILES string of the molecule is COc1ccccc1-c1cn2ccc(C)cc2n1.I. The molecule has 3 nitrogen and oxygen atoms in total. The Balaban J connectivity index is 0.00000133. The van der Waals surface area contributed by atoms with Gasteiger partial charge in [-0.3, -0.25) is 0 Å². The number of ether oxygens (including phenoxy) is 1. The van der Waals surface area contributed by atoms with Crippen molar-refractivity contribution in [1.82, 2.24) is 9.38 Å². The maximum Gasteiger partial charge on any atom is 0.137 e. The zero-order chi connectivity index (χ0) is 12.5. The number of nitrogens with zero attached hydrogens (tertiary/aromatic N) is 2. The van der Waals surface area contributed by atoms with Gasteiger partial charge in [0.25, 0.3) is 0 Å². The number of fused-ring (bicyclic) bond motifs is 1. The molecule has 98 valence electrons. The summed E-state index contributed by atoms with van der Waals surface area (Å²) in [5.41, 5.74) is 4.11. The van der Waals surface area contributed by atoms with Gasteiger partial charge in [-0.15, -0.1) is 24.0 Å². The third kappa shape index (κ3) is 2.58. The number of halogens is 1. The van der Waals surface area contributed by atoms with Crippen LogP contribution in [0.25, 0.3) is 16.9 Å². The molecule has 0 amide bonds. The van der Waals surface area contributed by atoms with Crippen molar-refractivity contribution in [1.29, 1.82) is 0 Å². The van der Waals surface area contributed by atoms with Crippen molar-refractivity contribution in [2.24, 2.45) is 0 Å². The van der Waals surface area contributed by atoms with Crippen LogP contribution in [0, 0.1) is 6.92 Å². The molecule has 0 bridgehead atoms. The predicted molar refractivity (Wildman–Crippen MR) is 87.3 cm³/mol. The van der Waals surface area contributed by atoms with Crippen LogP contribution in [0.1, 0.15) is 5.56 Å². The van der Waals surface area contributed by atoms with Gasteiger partial charge in [0.15, 0.2) is 0 Å². The zero-order valence-corrected chi connectivity index (χ0v) is 13.2. The largest absolute Gasteiger partial charge is 0.496 e. The highest BCUT2D eigenvalue weighted by Crippen LogP contribution is 2.28. The van der Waals surface area contributed by atoms with Crippen molar-refractivity contribution >= 4 is 29.6 Å². The molecule has 0 spiro atoms. The first-order chi connectivity index (χ1) is 8.78. The molecule has 0 aliphatic carbocycles. The van der Waals surface area contributed by atoms with Crippen molar-refractivity contribution in [2.45, 2.75) is 6.92 Å². The first-order valence-electron chi connectivity index (χ1n) is 5.86. The molecule has 19 heavy (non-hydrogen) atoms. The summed E-state index contributed by atoms with van der Waals surface area (Å²) in [6.45, 7) is 2.07. The highest BCUT2D eigenvalue weighted by molar-refractivity contribution is 14.0. The van der Waals surface area contributed by atoms with Gasteiger partial charge in [0.1, 0.15) is 11.4 Å². The van der Waals surface area contributed by atoms with E-state index < -0.39 is 0 Å². The molecule has 0 unspecified atom stereocenters. The fourth-order valence-corrected chi connectivity index (χ4v) is 2.07. The van der Waals surface area contributed by atoms with Crippen LogP contribution >= 0.6 is 24.0 Å². The Morgan fingerprint density at radius 2 is 1.95 bits per heavy atom. The first-order valence-corrected chi connectivity index (χ1v) is 5.86. The molecule has 2 heterocycles. The molecular formula is C15H15IN2O. The Morgan fingerprint density at radius 3 is 2.74 bits per heavy atom. The monoisotopic (exact) mass is 366 g/mol. The van der Waals surface area contributed by atoms with E-state index in [2.05, 4.69) is 24.0 Å². The second-order valence-electron chi connectivity index (χ2n) is 4.30. The highest BCUT2D eigenvalue weighted by Gasteiger charge is 2.08. The van der Waals surface area contributed by atoms with Crippen molar-refractivity contribution < 1.29 is 4.74 Å². The molecule has 4 heteroatoms. The fourth-order valence-electron chi connectivity index (χ4n) is 2.07. The summed E-state index contributed by atoms with van der Waals surface area (Å²) in [6, 6.07) is 12.1. The van der Waals surface area contributed by atoms with E-state index in [9.17, 15) is 0 Å². The lowest BCUT2D eigenvalue weighted by Crippen LogP contribution is -1.86. The molecule has 0 saturated carbocycles. The van der Waals surface area contributed by atoms with Gasteiger partial charge in [0.05, 0.1) is 12.8 Å². The summed E-state index contributed by atoms with van der Waals surface area (Å²) < 4.78 is 7.39. The zero-order valence-electron chi connectivity index (χ0n) is 10.8. The molecular weight excluding hydrogens is 351 g/mol. The summed E-state index contributed by atoms with van der Waals surface area (Å²) >= 11 is 0. The van der Waals surface area contributed by atoms with E-state index in [4.69, 9.17) is 4.74 Å². The number of rotatable bonds is 2. The van der Waals surface area contributed by atoms with E-state index in [-0.39, 0.29) is 24.0 Å². The molecule has 0 radical (unpaired) electrons. The molecule has 0 saturated heterocycles. The topological polar surface area (TPSA) is 26.5 Å². The van der Waals surface area contributed by atoms with Crippen molar-refractivity contribution in [2.75, 3.05) is 7.11 Å². The van der Waals surface area contributed by atoms with Gasteiger partial charge >= 0.3 is 0 Å². The minimum atomic E-state index is 0. The Kier molecular flexibility index (Phi) is 4.09. The maximum atomic E-state index is 5.37. The number of aromatic nitrogens is 2. The van der Waals surface area contributed by atoms with Crippen LogP contribution in [0.2, 0.25) is 0 Å². The van der Waals surface area contributed by atoms with Crippen LogP contribution in [-0.2, 0) is 0 Å². The summed E-state index contributed by atoms with van der Waals surface area (Å²) in [6.07, 6.45) is 4.04. The lowest BCUT2D eigenvalue weighted by Gasteiger charge is -2.04. The smallest absolute Gasteiger partial charge is 0.137 e. The van der Waals surface area contributed by atoms with Gasteiger partial charge in [-0.2, -0.15) is 0 Å². The predicted octanol–water partition coefficient (Wildman–Crippen LogP) is 3.94. The first kappa shape index (κ1) is 13.9. The van der Waals surface area contributed by atoms with Gasteiger partial charge in [-0.05, 0) is 36.8 Å². The number of hydrogen-bond acceptors (Lipinski definition) is 2. The van der Waals surface area contributed by atoms with Gasteiger partial charge < -0.3 is 9.14 Å². The Morgan fingerprint density at radius 1 is 1.16 bits per heavy atom. The van der Waals surface area contributed by atoms with Crippen LogP contribution in [0.4, 0.5) is 0 Å². The molecule has 0 aliphatic heterocycles. The molecule has 0 fully saturated rings. The molecule has 2 aromatic heterocycles. The number of hydrogen-bond donors (Lipinski definition) is 0. The number of aryl methyl sites for hydroxylation is 1. The summed E-state index contributed by atoms with van der Waals surface area (Å²) in [5.74, 6) is 0.845.